The standard InChI is InChI=1S/C20H24N6O3S2/c1-11(21)14(9-22-13(3)26-7-5-4-6-8-26)18-16(20(28)29)15(10-30-18)23-19(27)17-12(2)24-25-31-17/h9-10H,3-8,21H2,1-2H3,(H,23,27)(H,28,29)/b14-11+,22-9?. The van der Waals surface area contributed by atoms with Crippen molar-refractivity contribution in [3.05, 3.63) is 44.5 Å². The molecule has 0 bridgehead atoms. The molecule has 1 saturated heterocycles. The van der Waals surface area contributed by atoms with E-state index in [1.54, 1.807) is 25.4 Å². The summed E-state index contributed by atoms with van der Waals surface area (Å²) < 4.78 is 3.74. The van der Waals surface area contributed by atoms with E-state index in [1.165, 1.54) is 17.8 Å². The van der Waals surface area contributed by atoms with Gasteiger partial charge < -0.3 is 21.1 Å². The van der Waals surface area contributed by atoms with Crippen LogP contribution < -0.4 is 11.1 Å². The number of aromatic carboxylic acids is 1. The highest BCUT2D eigenvalue weighted by atomic mass is 32.1. The second-order valence-electron chi connectivity index (χ2n) is 7.12. The quantitative estimate of drug-likeness (QED) is 0.538. The first-order valence-electron chi connectivity index (χ1n) is 9.69. The fourth-order valence-corrected chi connectivity index (χ4v) is 4.81. The maximum atomic E-state index is 12.5. The number of anilines is 1. The number of nitrogens with two attached hydrogens (primary N) is 1. The number of rotatable bonds is 7. The number of carboxylic acid groups (broad SMARTS) is 1. The molecule has 0 unspecified atom stereocenters. The SMILES string of the molecule is C=C(N=C/C(=C(/C)N)c1scc(NC(=O)c2snnc2C)c1C(=O)O)N1CCCCC1. The van der Waals surface area contributed by atoms with Gasteiger partial charge in [0.2, 0.25) is 0 Å². The van der Waals surface area contributed by atoms with Crippen molar-refractivity contribution >= 4 is 52.2 Å². The third kappa shape index (κ3) is 5.17. The van der Waals surface area contributed by atoms with Crippen molar-refractivity contribution in [3.63, 3.8) is 0 Å². The summed E-state index contributed by atoms with van der Waals surface area (Å²) in [5.74, 6) is -1.01. The number of piperidine rings is 1. The summed E-state index contributed by atoms with van der Waals surface area (Å²) in [7, 11) is 0. The van der Waals surface area contributed by atoms with E-state index in [9.17, 15) is 14.7 Å². The molecule has 0 atom stereocenters. The number of hydrogen-bond acceptors (Lipinski definition) is 9. The van der Waals surface area contributed by atoms with Crippen molar-refractivity contribution < 1.29 is 14.7 Å². The van der Waals surface area contributed by atoms with Gasteiger partial charge in [-0.1, -0.05) is 11.1 Å². The number of likely N-dealkylation sites (tertiary alicyclic amines) is 1. The molecule has 1 amide bonds. The van der Waals surface area contributed by atoms with E-state index in [1.807, 2.05) is 0 Å². The number of carboxylic acids is 1. The maximum Gasteiger partial charge on any atom is 0.339 e. The molecule has 0 radical (unpaired) electrons. The van der Waals surface area contributed by atoms with E-state index < -0.39 is 11.9 Å². The zero-order valence-corrected chi connectivity index (χ0v) is 19.0. The number of hydrogen-bond donors (Lipinski definition) is 3. The molecule has 0 aliphatic carbocycles. The molecule has 2 aromatic rings. The molecule has 11 heteroatoms. The van der Waals surface area contributed by atoms with Crippen LogP contribution in [-0.2, 0) is 0 Å². The number of carbonyl (C=O) groups is 2. The highest BCUT2D eigenvalue weighted by molar-refractivity contribution is 7.12. The lowest BCUT2D eigenvalue weighted by Gasteiger charge is -2.28. The third-order valence-electron chi connectivity index (χ3n) is 4.84. The van der Waals surface area contributed by atoms with Gasteiger partial charge in [-0.2, -0.15) is 0 Å². The number of amides is 1. The van der Waals surface area contributed by atoms with Crippen molar-refractivity contribution in [2.45, 2.75) is 33.1 Å². The van der Waals surface area contributed by atoms with Crippen LogP contribution in [0.15, 0.2) is 28.5 Å². The summed E-state index contributed by atoms with van der Waals surface area (Å²) >= 11 is 2.13. The van der Waals surface area contributed by atoms with Gasteiger partial charge in [0, 0.05) is 36.0 Å². The number of carbonyl (C=O) groups excluding carboxylic acids is 1. The highest BCUT2D eigenvalue weighted by Gasteiger charge is 2.24. The Morgan fingerprint density at radius 1 is 1.32 bits per heavy atom. The Morgan fingerprint density at radius 3 is 2.61 bits per heavy atom. The Kier molecular flexibility index (Phi) is 7.18. The average Bonchev–Trinajstić information content (AvgIpc) is 3.34. The van der Waals surface area contributed by atoms with Crippen LogP contribution >= 0.6 is 22.9 Å². The number of aryl methyl sites for hydroxylation is 1. The van der Waals surface area contributed by atoms with E-state index >= 15 is 0 Å². The fraction of sp³-hybridized carbons (Fsp3) is 0.350. The lowest BCUT2D eigenvalue weighted by Crippen LogP contribution is -2.27. The first kappa shape index (κ1) is 22.6. The van der Waals surface area contributed by atoms with Gasteiger partial charge in [0.05, 0.1) is 16.3 Å². The molecule has 0 aromatic carbocycles. The Bertz CT molecular complexity index is 1060. The van der Waals surface area contributed by atoms with E-state index in [0.29, 0.717) is 32.5 Å². The molecular formula is C20H24N6O3S2. The number of nitrogens with zero attached hydrogens (tertiary/aromatic N) is 4. The van der Waals surface area contributed by atoms with Crippen molar-refractivity contribution in [2.75, 3.05) is 18.4 Å². The molecule has 1 fully saturated rings. The van der Waals surface area contributed by atoms with Crippen molar-refractivity contribution in [3.8, 4) is 0 Å². The summed E-state index contributed by atoms with van der Waals surface area (Å²) in [6, 6.07) is 0. The fourth-order valence-electron chi connectivity index (χ4n) is 3.19. The van der Waals surface area contributed by atoms with Crippen LogP contribution in [0.3, 0.4) is 0 Å². The van der Waals surface area contributed by atoms with Crippen LogP contribution in [0.1, 0.15) is 56.8 Å². The van der Waals surface area contributed by atoms with Crippen LogP contribution in [0, 0.1) is 6.92 Å². The van der Waals surface area contributed by atoms with E-state index in [0.717, 1.165) is 37.5 Å². The minimum atomic E-state index is -1.17. The Morgan fingerprint density at radius 2 is 2.03 bits per heavy atom. The predicted molar refractivity (Wildman–Crippen MR) is 124 cm³/mol. The first-order valence-corrected chi connectivity index (χ1v) is 11.3. The number of aliphatic imine (C=N–C) groups is 1. The second-order valence-corrected chi connectivity index (χ2v) is 8.75. The molecular weight excluding hydrogens is 436 g/mol. The highest BCUT2D eigenvalue weighted by Crippen LogP contribution is 2.34. The summed E-state index contributed by atoms with van der Waals surface area (Å²) in [6.45, 7) is 9.18. The van der Waals surface area contributed by atoms with Gasteiger partial charge in [0.15, 0.2) is 0 Å². The normalized spacial score (nSPS) is 15.1. The molecule has 2 aromatic heterocycles. The van der Waals surface area contributed by atoms with Gasteiger partial charge in [-0.3, -0.25) is 4.79 Å². The number of nitrogens with one attached hydrogen (secondary N) is 1. The smallest absolute Gasteiger partial charge is 0.339 e. The number of aromatic nitrogens is 2. The molecule has 9 nitrogen and oxygen atoms in total. The minimum absolute atomic E-state index is 0.0386. The van der Waals surface area contributed by atoms with E-state index in [4.69, 9.17) is 5.73 Å². The molecule has 1 aliphatic heterocycles. The minimum Gasteiger partial charge on any atom is -0.478 e. The van der Waals surface area contributed by atoms with Crippen molar-refractivity contribution in [2.24, 2.45) is 10.7 Å². The lowest BCUT2D eigenvalue weighted by molar-refractivity contribution is 0.0698. The summed E-state index contributed by atoms with van der Waals surface area (Å²) in [6.07, 6.45) is 4.94. The van der Waals surface area contributed by atoms with Gasteiger partial charge >= 0.3 is 5.97 Å². The largest absolute Gasteiger partial charge is 0.478 e. The first-order chi connectivity index (χ1) is 14.8. The number of allylic oxidation sites excluding steroid dienone is 2. The van der Waals surface area contributed by atoms with Crippen molar-refractivity contribution in [1.82, 2.24) is 14.5 Å². The maximum absolute atomic E-state index is 12.5. The Labute approximate surface area is 188 Å². The molecule has 31 heavy (non-hydrogen) atoms. The van der Waals surface area contributed by atoms with Gasteiger partial charge in [0.1, 0.15) is 16.3 Å². The van der Waals surface area contributed by atoms with Gasteiger partial charge in [-0.15, -0.1) is 16.4 Å². The summed E-state index contributed by atoms with van der Waals surface area (Å²) in [5.41, 5.74) is 7.60. The third-order valence-corrected chi connectivity index (χ3v) is 6.68. The van der Waals surface area contributed by atoms with Gasteiger partial charge in [-0.25, -0.2) is 9.79 Å². The molecule has 1 aliphatic rings. The Hall–Kier alpha value is -3.05. The molecule has 0 spiro atoms. The zero-order chi connectivity index (χ0) is 22.5. The van der Waals surface area contributed by atoms with E-state index in [2.05, 4.69) is 31.4 Å². The average molecular weight is 461 g/mol. The summed E-state index contributed by atoms with van der Waals surface area (Å²) in [4.78, 5) is 31.9. The van der Waals surface area contributed by atoms with E-state index in [-0.39, 0.29) is 11.3 Å². The van der Waals surface area contributed by atoms with Crippen LogP contribution in [0.4, 0.5) is 5.69 Å². The van der Waals surface area contributed by atoms with Crippen LogP contribution in [0.2, 0.25) is 0 Å². The van der Waals surface area contributed by atoms with Crippen molar-refractivity contribution in [1.29, 1.82) is 0 Å². The van der Waals surface area contributed by atoms with Crippen LogP contribution in [0.25, 0.3) is 5.57 Å². The molecule has 164 valence electrons. The van der Waals surface area contributed by atoms with Crippen LogP contribution in [0.5, 0.6) is 0 Å². The topological polar surface area (TPSA) is 134 Å². The molecule has 3 rings (SSSR count). The monoisotopic (exact) mass is 460 g/mol. The Balaban J connectivity index is 1.89. The molecule has 0 saturated carbocycles. The predicted octanol–water partition coefficient (Wildman–Crippen LogP) is 3.58. The van der Waals surface area contributed by atoms with Gasteiger partial charge in [0.25, 0.3) is 5.91 Å². The second kappa shape index (κ2) is 9.84. The number of thiophene rings is 1. The molecule has 3 heterocycles. The summed E-state index contributed by atoms with van der Waals surface area (Å²) in [5, 5.41) is 17.9. The molecule has 4 N–H and O–H groups in total. The van der Waals surface area contributed by atoms with Gasteiger partial charge in [-0.05, 0) is 44.6 Å². The lowest BCUT2D eigenvalue weighted by atomic mass is 10.1. The van der Waals surface area contributed by atoms with Crippen LogP contribution in [-0.4, -0.2) is 50.8 Å². The zero-order valence-electron chi connectivity index (χ0n) is 17.3.